The van der Waals surface area contributed by atoms with Crippen LogP contribution >= 0.6 is 36.2 Å². The van der Waals surface area contributed by atoms with Gasteiger partial charge in [0.2, 0.25) is 0 Å². The second-order valence-electron chi connectivity index (χ2n) is 6.46. The van der Waals surface area contributed by atoms with Gasteiger partial charge in [0.25, 0.3) is 5.91 Å². The minimum atomic E-state index is -0.191. The molecule has 1 fully saturated rings. The smallest absolute Gasteiger partial charge is 0.275 e. The van der Waals surface area contributed by atoms with Crippen LogP contribution < -0.4 is 11.1 Å². The van der Waals surface area contributed by atoms with Crippen molar-refractivity contribution in [1.29, 1.82) is 0 Å². The third kappa shape index (κ3) is 6.21. The molecule has 26 heavy (non-hydrogen) atoms. The summed E-state index contributed by atoms with van der Waals surface area (Å²) in [7, 11) is 0. The van der Waals surface area contributed by atoms with E-state index in [4.69, 9.17) is 5.73 Å². The zero-order valence-electron chi connectivity index (χ0n) is 14.8. The minimum Gasteiger partial charge on any atom is -0.325 e. The Morgan fingerprint density at radius 1 is 1.35 bits per heavy atom. The van der Waals surface area contributed by atoms with E-state index < -0.39 is 0 Å². The number of piperidine rings is 1. The van der Waals surface area contributed by atoms with E-state index in [0.29, 0.717) is 12.2 Å². The summed E-state index contributed by atoms with van der Waals surface area (Å²) in [5.74, 6) is 0.595. The van der Waals surface area contributed by atoms with E-state index >= 15 is 0 Å². The molecule has 1 atom stereocenters. The van der Waals surface area contributed by atoms with Crippen molar-refractivity contribution in [3.05, 3.63) is 45.9 Å². The zero-order valence-corrected chi connectivity index (χ0v) is 17.3. The third-order valence-corrected chi connectivity index (χ3v) is 5.19. The van der Waals surface area contributed by atoms with Gasteiger partial charge < -0.3 is 11.1 Å². The van der Waals surface area contributed by atoms with E-state index in [9.17, 15) is 4.79 Å². The number of hydrogen-bond donors (Lipinski definition) is 2. The van der Waals surface area contributed by atoms with Crippen LogP contribution in [0.4, 0.5) is 5.69 Å². The molecule has 1 aromatic carbocycles. The van der Waals surface area contributed by atoms with Crippen LogP contribution in [0.1, 0.15) is 40.8 Å². The van der Waals surface area contributed by atoms with Crippen LogP contribution in [-0.2, 0) is 13.1 Å². The summed E-state index contributed by atoms with van der Waals surface area (Å²) < 4.78 is 0. The highest BCUT2D eigenvalue weighted by Gasteiger charge is 2.16. The number of nitrogens with zero attached hydrogens (tertiary/aromatic N) is 2. The summed E-state index contributed by atoms with van der Waals surface area (Å²) in [5, 5.41) is 5.39. The van der Waals surface area contributed by atoms with E-state index in [2.05, 4.69) is 34.3 Å². The molecule has 2 aromatic rings. The Bertz CT molecular complexity index is 693. The van der Waals surface area contributed by atoms with Gasteiger partial charge in [0, 0.05) is 30.7 Å². The molecule has 3 rings (SSSR count). The number of halogens is 2. The summed E-state index contributed by atoms with van der Waals surface area (Å²) >= 11 is 1.41. The lowest BCUT2D eigenvalue weighted by atomic mass is 10.00. The van der Waals surface area contributed by atoms with Gasteiger partial charge in [-0.3, -0.25) is 9.69 Å². The second-order valence-corrected chi connectivity index (χ2v) is 7.41. The topological polar surface area (TPSA) is 71.2 Å². The number of benzene rings is 1. The maximum atomic E-state index is 12.2. The second kappa shape index (κ2) is 10.8. The Labute approximate surface area is 171 Å². The van der Waals surface area contributed by atoms with Crippen molar-refractivity contribution < 1.29 is 4.79 Å². The van der Waals surface area contributed by atoms with Crippen molar-refractivity contribution in [2.75, 3.05) is 18.4 Å². The summed E-state index contributed by atoms with van der Waals surface area (Å²) in [6, 6.07) is 8.08. The molecule has 144 valence electrons. The molecule has 1 saturated heterocycles. The maximum Gasteiger partial charge on any atom is 0.275 e. The maximum absolute atomic E-state index is 12.2. The Morgan fingerprint density at radius 2 is 2.08 bits per heavy atom. The fraction of sp³-hybridized carbons (Fsp3) is 0.444. The predicted molar refractivity (Wildman–Crippen MR) is 113 cm³/mol. The van der Waals surface area contributed by atoms with E-state index in [0.717, 1.165) is 23.2 Å². The van der Waals surface area contributed by atoms with Crippen LogP contribution in [0.3, 0.4) is 0 Å². The van der Waals surface area contributed by atoms with E-state index in [1.807, 2.05) is 12.1 Å². The molecular formula is C18H26Cl2N4OS. The number of carbonyl (C=O) groups excluding carboxylic acids is 1. The summed E-state index contributed by atoms with van der Waals surface area (Å²) in [6.45, 7) is 6.01. The average Bonchev–Trinajstić information content (AvgIpc) is 3.06. The lowest BCUT2D eigenvalue weighted by molar-refractivity contribution is 0.102. The van der Waals surface area contributed by atoms with Gasteiger partial charge in [-0.2, -0.15) is 0 Å². The molecule has 0 bridgehead atoms. The highest BCUT2D eigenvalue weighted by molar-refractivity contribution is 7.09. The number of amides is 1. The highest BCUT2D eigenvalue weighted by atomic mass is 35.5. The Morgan fingerprint density at radius 3 is 2.69 bits per heavy atom. The normalized spacial score (nSPS) is 17.1. The summed E-state index contributed by atoms with van der Waals surface area (Å²) in [5.41, 5.74) is 8.02. The first-order valence-electron chi connectivity index (χ1n) is 8.41. The van der Waals surface area contributed by atoms with E-state index in [1.54, 1.807) is 5.38 Å². The summed E-state index contributed by atoms with van der Waals surface area (Å²) in [6.07, 6.45) is 2.62. The molecule has 0 radical (unpaired) electrons. The molecule has 8 heteroatoms. The molecule has 3 N–H and O–H groups in total. The fourth-order valence-electron chi connectivity index (χ4n) is 3.09. The molecule has 0 aliphatic carbocycles. The monoisotopic (exact) mass is 416 g/mol. The molecule has 1 aromatic heterocycles. The SMILES string of the molecule is CC1CCCN(Cc2ccc(NC(=O)c3csc(CN)n3)cc2)C1.Cl.Cl. The molecule has 1 aliphatic heterocycles. The fourth-order valence-corrected chi connectivity index (χ4v) is 3.74. The van der Waals surface area contributed by atoms with Crippen LogP contribution in [0.15, 0.2) is 29.6 Å². The number of nitrogens with one attached hydrogen (secondary N) is 1. The van der Waals surface area contributed by atoms with Crippen molar-refractivity contribution in [2.24, 2.45) is 11.7 Å². The minimum absolute atomic E-state index is 0. The summed E-state index contributed by atoms with van der Waals surface area (Å²) in [4.78, 5) is 18.9. The van der Waals surface area contributed by atoms with Crippen molar-refractivity contribution >= 4 is 47.7 Å². The standard InChI is InChI=1S/C18H24N4OS.2ClH/c1-13-3-2-8-22(10-13)11-14-4-6-15(7-5-14)20-18(23)16-12-24-17(9-19)21-16;;/h4-7,12-13H,2-3,8-11,19H2,1H3,(H,20,23);2*1H. The number of nitrogens with two attached hydrogens (primary N) is 1. The molecule has 1 unspecified atom stereocenters. The van der Waals surface area contributed by atoms with Crippen molar-refractivity contribution in [2.45, 2.75) is 32.9 Å². The number of rotatable bonds is 5. The van der Waals surface area contributed by atoms with Crippen molar-refractivity contribution in [1.82, 2.24) is 9.88 Å². The number of thiazole rings is 1. The average molecular weight is 417 g/mol. The van der Waals surface area contributed by atoms with Crippen LogP contribution in [-0.4, -0.2) is 28.9 Å². The van der Waals surface area contributed by atoms with Crippen molar-refractivity contribution in [3.8, 4) is 0 Å². The number of aromatic nitrogens is 1. The first-order valence-corrected chi connectivity index (χ1v) is 9.29. The van der Waals surface area contributed by atoms with E-state index in [1.165, 1.54) is 42.8 Å². The third-order valence-electron chi connectivity index (χ3n) is 4.32. The Hall–Kier alpha value is -1.18. The van der Waals surface area contributed by atoms with Gasteiger partial charge in [-0.15, -0.1) is 36.2 Å². The van der Waals surface area contributed by atoms with Crippen LogP contribution in [0.25, 0.3) is 0 Å². The quantitative estimate of drug-likeness (QED) is 0.774. The molecule has 0 saturated carbocycles. The zero-order chi connectivity index (χ0) is 16.9. The number of carbonyl (C=O) groups is 1. The number of hydrogen-bond acceptors (Lipinski definition) is 5. The Kier molecular flexibility index (Phi) is 9.54. The molecule has 1 aliphatic rings. The lowest BCUT2D eigenvalue weighted by Gasteiger charge is -2.30. The first kappa shape index (κ1) is 22.9. The van der Waals surface area contributed by atoms with Gasteiger partial charge in [0.15, 0.2) is 0 Å². The molecule has 1 amide bonds. The van der Waals surface area contributed by atoms with E-state index in [-0.39, 0.29) is 30.7 Å². The van der Waals surface area contributed by atoms with Crippen LogP contribution in [0.5, 0.6) is 0 Å². The van der Waals surface area contributed by atoms with Gasteiger partial charge in [-0.25, -0.2) is 4.98 Å². The Balaban J connectivity index is 0.00000169. The van der Waals surface area contributed by atoms with Gasteiger partial charge in [-0.05, 0) is 43.0 Å². The largest absolute Gasteiger partial charge is 0.325 e. The van der Waals surface area contributed by atoms with Gasteiger partial charge in [-0.1, -0.05) is 19.1 Å². The lowest BCUT2D eigenvalue weighted by Crippen LogP contribution is -2.33. The number of likely N-dealkylation sites (tertiary alicyclic amines) is 1. The molecule has 0 spiro atoms. The molecule has 5 nitrogen and oxygen atoms in total. The van der Waals surface area contributed by atoms with Gasteiger partial charge in [0.05, 0.1) is 0 Å². The first-order chi connectivity index (χ1) is 11.6. The van der Waals surface area contributed by atoms with Crippen LogP contribution in [0.2, 0.25) is 0 Å². The predicted octanol–water partition coefficient (Wildman–Crippen LogP) is 3.93. The van der Waals surface area contributed by atoms with Crippen LogP contribution in [0, 0.1) is 5.92 Å². The number of anilines is 1. The molecule has 2 heterocycles. The van der Waals surface area contributed by atoms with Crippen molar-refractivity contribution in [3.63, 3.8) is 0 Å². The van der Waals surface area contributed by atoms with Gasteiger partial charge in [0.1, 0.15) is 10.7 Å². The highest BCUT2D eigenvalue weighted by Crippen LogP contribution is 2.19. The van der Waals surface area contributed by atoms with Gasteiger partial charge >= 0.3 is 0 Å². The molecular weight excluding hydrogens is 391 g/mol.